The van der Waals surface area contributed by atoms with Crippen LogP contribution in [0.3, 0.4) is 0 Å². The number of aromatic nitrogens is 2. The third kappa shape index (κ3) is 2.18. The fourth-order valence-corrected chi connectivity index (χ4v) is 2.06. The van der Waals surface area contributed by atoms with Gasteiger partial charge in [0.25, 0.3) is 0 Å². The van der Waals surface area contributed by atoms with Gasteiger partial charge in [0.05, 0.1) is 5.69 Å². The monoisotopic (exact) mass is 260 g/mol. The predicted molar refractivity (Wildman–Crippen MR) is 72.1 cm³/mol. The van der Waals surface area contributed by atoms with Gasteiger partial charge in [-0.3, -0.25) is 4.68 Å². The van der Waals surface area contributed by atoms with Crippen molar-refractivity contribution in [1.82, 2.24) is 9.78 Å². The Morgan fingerprint density at radius 2 is 2.11 bits per heavy atom. The molecule has 0 radical (unpaired) electrons. The minimum atomic E-state index is 0.562. The highest BCUT2D eigenvalue weighted by Gasteiger charge is 2.13. The van der Waals surface area contributed by atoms with E-state index in [1.165, 1.54) is 0 Å². The largest absolute Gasteiger partial charge is 0.339 e. The molecule has 0 saturated heterocycles. The minimum absolute atomic E-state index is 0.562. The number of aryl methyl sites for hydroxylation is 3. The molecule has 1 aromatic carbocycles. The first-order chi connectivity index (χ1) is 8.52. The maximum atomic E-state index is 9.14. The van der Waals surface area contributed by atoms with E-state index in [9.17, 15) is 0 Å². The lowest BCUT2D eigenvalue weighted by molar-refractivity contribution is 0.765. The molecule has 0 spiro atoms. The van der Waals surface area contributed by atoms with Crippen LogP contribution in [0.25, 0.3) is 0 Å². The fraction of sp³-hybridized carbons (Fsp3) is 0.231. The van der Waals surface area contributed by atoms with Crippen molar-refractivity contribution < 1.29 is 0 Å². The van der Waals surface area contributed by atoms with E-state index in [0.717, 1.165) is 11.3 Å². The van der Waals surface area contributed by atoms with E-state index < -0.39 is 0 Å². The highest BCUT2D eigenvalue weighted by atomic mass is 35.5. The molecule has 0 aliphatic rings. The van der Waals surface area contributed by atoms with Crippen LogP contribution in [0.1, 0.15) is 16.8 Å². The molecule has 0 amide bonds. The summed E-state index contributed by atoms with van der Waals surface area (Å²) < 4.78 is 1.67. The fourth-order valence-electron chi connectivity index (χ4n) is 1.83. The summed E-state index contributed by atoms with van der Waals surface area (Å²) in [6.45, 7) is 3.78. The Kier molecular flexibility index (Phi) is 3.26. The van der Waals surface area contributed by atoms with Crippen molar-refractivity contribution in [1.29, 1.82) is 5.26 Å². The molecule has 18 heavy (non-hydrogen) atoms. The Morgan fingerprint density at radius 1 is 1.39 bits per heavy atom. The average Bonchev–Trinajstić information content (AvgIpc) is 2.57. The summed E-state index contributed by atoms with van der Waals surface area (Å²) in [6, 6.07) is 7.74. The van der Waals surface area contributed by atoms with Crippen LogP contribution in [0.15, 0.2) is 18.2 Å². The summed E-state index contributed by atoms with van der Waals surface area (Å²) >= 11 is 5.92. The first-order valence-electron chi connectivity index (χ1n) is 5.50. The van der Waals surface area contributed by atoms with Gasteiger partial charge < -0.3 is 5.32 Å². The van der Waals surface area contributed by atoms with Crippen molar-refractivity contribution >= 4 is 23.1 Å². The van der Waals surface area contributed by atoms with Gasteiger partial charge in [-0.15, -0.1) is 0 Å². The Morgan fingerprint density at radius 3 is 2.72 bits per heavy atom. The normalized spacial score (nSPS) is 10.2. The van der Waals surface area contributed by atoms with Crippen LogP contribution in [0.5, 0.6) is 0 Å². The molecular weight excluding hydrogens is 248 g/mol. The van der Waals surface area contributed by atoms with Crippen LogP contribution in [0.4, 0.5) is 11.5 Å². The number of nitrogens with zero attached hydrogens (tertiary/aromatic N) is 3. The third-order valence-electron chi connectivity index (χ3n) is 2.78. The number of nitrogens with one attached hydrogen (secondary N) is 1. The molecule has 0 bridgehead atoms. The Balaban J connectivity index is 2.43. The minimum Gasteiger partial charge on any atom is -0.339 e. The first kappa shape index (κ1) is 12.5. The molecule has 2 aromatic rings. The predicted octanol–water partition coefficient (Wildman–Crippen LogP) is 3.31. The quantitative estimate of drug-likeness (QED) is 0.901. The van der Waals surface area contributed by atoms with Crippen LogP contribution >= 0.6 is 11.6 Å². The highest BCUT2D eigenvalue weighted by Crippen LogP contribution is 2.26. The molecule has 0 aliphatic carbocycles. The standard InChI is InChI=1S/C13H13ClN4/c1-8-6-10(14)4-5-12(8)16-13-11(7-15)9(2)17-18(13)3/h4-6,16H,1-3H3. The van der Waals surface area contributed by atoms with Crippen LogP contribution in [0, 0.1) is 25.2 Å². The molecule has 1 heterocycles. The van der Waals surface area contributed by atoms with E-state index in [2.05, 4.69) is 16.5 Å². The topological polar surface area (TPSA) is 53.6 Å². The van der Waals surface area contributed by atoms with Gasteiger partial charge in [-0.1, -0.05) is 11.6 Å². The van der Waals surface area contributed by atoms with Crippen LogP contribution in [-0.4, -0.2) is 9.78 Å². The van der Waals surface area contributed by atoms with E-state index in [0.29, 0.717) is 22.1 Å². The van der Waals surface area contributed by atoms with E-state index in [4.69, 9.17) is 16.9 Å². The second-order valence-corrected chi connectivity index (χ2v) is 4.57. The van der Waals surface area contributed by atoms with Crippen LogP contribution in [-0.2, 0) is 7.05 Å². The van der Waals surface area contributed by atoms with Crippen molar-refractivity contribution in [2.24, 2.45) is 7.05 Å². The van der Waals surface area contributed by atoms with E-state index >= 15 is 0 Å². The molecule has 2 rings (SSSR count). The summed E-state index contributed by atoms with van der Waals surface area (Å²) in [6.07, 6.45) is 0. The molecule has 92 valence electrons. The van der Waals surface area contributed by atoms with Crippen molar-refractivity contribution in [3.8, 4) is 6.07 Å². The Labute approximate surface area is 111 Å². The zero-order valence-electron chi connectivity index (χ0n) is 10.5. The van der Waals surface area contributed by atoms with Gasteiger partial charge in [-0.2, -0.15) is 10.4 Å². The number of rotatable bonds is 2. The summed E-state index contributed by atoms with van der Waals surface area (Å²) in [7, 11) is 1.81. The van der Waals surface area contributed by atoms with Crippen molar-refractivity contribution in [3.63, 3.8) is 0 Å². The van der Waals surface area contributed by atoms with Crippen LogP contribution in [0.2, 0.25) is 5.02 Å². The number of hydrogen-bond acceptors (Lipinski definition) is 3. The number of anilines is 2. The Bertz CT molecular complexity index is 637. The smallest absolute Gasteiger partial charge is 0.146 e. The molecule has 0 atom stereocenters. The highest BCUT2D eigenvalue weighted by molar-refractivity contribution is 6.30. The zero-order chi connectivity index (χ0) is 13.3. The maximum absolute atomic E-state index is 9.14. The van der Waals surface area contributed by atoms with Gasteiger partial charge in [0.2, 0.25) is 0 Å². The first-order valence-corrected chi connectivity index (χ1v) is 5.87. The third-order valence-corrected chi connectivity index (χ3v) is 3.01. The van der Waals surface area contributed by atoms with E-state index in [-0.39, 0.29) is 0 Å². The summed E-state index contributed by atoms with van der Waals surface area (Å²) in [5.74, 6) is 0.695. The molecule has 0 aliphatic heterocycles. The molecule has 4 nitrogen and oxygen atoms in total. The molecule has 0 fully saturated rings. The van der Waals surface area contributed by atoms with Crippen molar-refractivity contribution in [2.45, 2.75) is 13.8 Å². The second kappa shape index (κ2) is 4.71. The van der Waals surface area contributed by atoms with E-state index in [1.807, 2.05) is 32.0 Å². The lowest BCUT2D eigenvalue weighted by Crippen LogP contribution is -2.01. The molecule has 5 heteroatoms. The maximum Gasteiger partial charge on any atom is 0.146 e. The molecule has 1 aromatic heterocycles. The van der Waals surface area contributed by atoms with Crippen molar-refractivity contribution in [2.75, 3.05) is 5.32 Å². The molecule has 0 saturated carbocycles. The number of benzene rings is 1. The van der Waals surface area contributed by atoms with Gasteiger partial charge in [0, 0.05) is 17.8 Å². The molecule has 1 N–H and O–H groups in total. The summed E-state index contributed by atoms with van der Waals surface area (Å²) in [4.78, 5) is 0. The van der Waals surface area contributed by atoms with Gasteiger partial charge >= 0.3 is 0 Å². The van der Waals surface area contributed by atoms with Gasteiger partial charge in [-0.25, -0.2) is 0 Å². The summed E-state index contributed by atoms with van der Waals surface area (Å²) in [5.41, 5.74) is 3.21. The average molecular weight is 261 g/mol. The van der Waals surface area contributed by atoms with E-state index in [1.54, 1.807) is 11.7 Å². The van der Waals surface area contributed by atoms with Crippen LogP contribution < -0.4 is 5.32 Å². The van der Waals surface area contributed by atoms with Crippen molar-refractivity contribution in [3.05, 3.63) is 40.0 Å². The molecular formula is C13H13ClN4. The van der Waals surface area contributed by atoms with Gasteiger partial charge in [0.15, 0.2) is 0 Å². The lowest BCUT2D eigenvalue weighted by Gasteiger charge is -2.10. The SMILES string of the molecule is Cc1cc(Cl)ccc1Nc1c(C#N)c(C)nn1C. The van der Waals surface area contributed by atoms with Gasteiger partial charge in [-0.05, 0) is 37.6 Å². The number of hydrogen-bond donors (Lipinski definition) is 1. The number of nitriles is 1. The molecule has 0 unspecified atom stereocenters. The Hall–Kier alpha value is -1.99. The summed E-state index contributed by atoms with van der Waals surface area (Å²) in [5, 5.41) is 17.3. The zero-order valence-corrected chi connectivity index (χ0v) is 11.2. The number of halogens is 1. The lowest BCUT2D eigenvalue weighted by atomic mass is 10.2. The van der Waals surface area contributed by atoms with Gasteiger partial charge in [0.1, 0.15) is 17.5 Å². The second-order valence-electron chi connectivity index (χ2n) is 4.13.